The molecule has 1 atom stereocenters. The van der Waals surface area contributed by atoms with Crippen molar-refractivity contribution in [2.24, 2.45) is 0 Å². The second-order valence-electron chi connectivity index (χ2n) is 4.96. The quantitative estimate of drug-likeness (QED) is 0.898. The Hall–Kier alpha value is -2.18. The van der Waals surface area contributed by atoms with Crippen LogP contribution in [-0.2, 0) is 19.4 Å². The van der Waals surface area contributed by atoms with Crippen molar-refractivity contribution < 1.29 is 9.21 Å². The van der Waals surface area contributed by atoms with E-state index in [0.29, 0.717) is 18.0 Å². The maximum Gasteiger partial charge on any atom is 0.273 e. The zero-order valence-electron chi connectivity index (χ0n) is 11.6. The molecule has 2 aromatic rings. The molecule has 1 amide bonds. The minimum atomic E-state index is -0.184. The summed E-state index contributed by atoms with van der Waals surface area (Å²) < 4.78 is 7.16. The number of rotatable bonds is 3. The van der Waals surface area contributed by atoms with Crippen LogP contribution in [0.4, 0.5) is 0 Å². The first-order valence-corrected chi connectivity index (χ1v) is 6.81. The van der Waals surface area contributed by atoms with Crippen molar-refractivity contribution in [1.29, 1.82) is 0 Å². The summed E-state index contributed by atoms with van der Waals surface area (Å²) in [5.74, 6) is 2.33. The molecule has 1 unspecified atom stereocenters. The Bertz CT molecular complexity index is 617. The van der Waals surface area contributed by atoms with Gasteiger partial charge in [-0.2, -0.15) is 0 Å². The summed E-state index contributed by atoms with van der Waals surface area (Å²) in [6.07, 6.45) is 3.83. The highest BCUT2D eigenvalue weighted by atomic mass is 16.3. The summed E-state index contributed by atoms with van der Waals surface area (Å²) in [6.45, 7) is 4.50. The summed E-state index contributed by atoms with van der Waals surface area (Å²) in [5.41, 5.74) is 0.357. The number of aryl methyl sites for hydroxylation is 3. The van der Waals surface area contributed by atoms with Crippen LogP contribution in [-0.4, -0.2) is 31.7 Å². The second kappa shape index (κ2) is 5.07. The Morgan fingerprint density at radius 3 is 3.10 bits per heavy atom. The van der Waals surface area contributed by atoms with Crippen LogP contribution in [0.1, 0.15) is 41.2 Å². The SMILES string of the molecule is CCc1nnc2n1CC(NC(=O)c1ncoc1C)CC2. The van der Waals surface area contributed by atoms with Gasteiger partial charge in [0.05, 0.1) is 0 Å². The molecule has 1 N–H and O–H groups in total. The van der Waals surface area contributed by atoms with Gasteiger partial charge in [-0.15, -0.1) is 10.2 Å². The van der Waals surface area contributed by atoms with Crippen molar-refractivity contribution >= 4 is 5.91 Å². The molecule has 1 aliphatic rings. The number of carbonyl (C=O) groups is 1. The van der Waals surface area contributed by atoms with Crippen LogP contribution in [0.5, 0.6) is 0 Å². The van der Waals surface area contributed by atoms with E-state index in [-0.39, 0.29) is 11.9 Å². The molecule has 1 aliphatic heterocycles. The number of hydrogen-bond acceptors (Lipinski definition) is 5. The lowest BCUT2D eigenvalue weighted by atomic mass is 10.1. The van der Waals surface area contributed by atoms with Crippen LogP contribution >= 0.6 is 0 Å². The normalized spacial score (nSPS) is 17.8. The van der Waals surface area contributed by atoms with Crippen molar-refractivity contribution in [2.45, 2.75) is 45.7 Å². The van der Waals surface area contributed by atoms with E-state index in [1.807, 2.05) is 0 Å². The van der Waals surface area contributed by atoms with Crippen molar-refractivity contribution in [3.05, 3.63) is 29.5 Å². The largest absolute Gasteiger partial charge is 0.448 e. The molecule has 3 rings (SSSR count). The average molecular weight is 275 g/mol. The fourth-order valence-electron chi connectivity index (χ4n) is 2.54. The summed E-state index contributed by atoms with van der Waals surface area (Å²) in [4.78, 5) is 16.1. The van der Waals surface area contributed by atoms with Crippen molar-refractivity contribution in [1.82, 2.24) is 25.1 Å². The van der Waals surface area contributed by atoms with Gasteiger partial charge in [0.15, 0.2) is 12.1 Å². The molecular weight excluding hydrogens is 258 g/mol. The highest BCUT2D eigenvalue weighted by Gasteiger charge is 2.25. The molecule has 0 fully saturated rings. The van der Waals surface area contributed by atoms with Crippen molar-refractivity contribution in [3.8, 4) is 0 Å². The van der Waals surface area contributed by atoms with Crippen LogP contribution in [0.3, 0.4) is 0 Å². The van der Waals surface area contributed by atoms with E-state index in [1.54, 1.807) is 6.92 Å². The van der Waals surface area contributed by atoms with E-state index in [2.05, 4.69) is 32.0 Å². The van der Waals surface area contributed by atoms with Crippen molar-refractivity contribution in [3.63, 3.8) is 0 Å². The highest BCUT2D eigenvalue weighted by Crippen LogP contribution is 2.16. The smallest absolute Gasteiger partial charge is 0.273 e. The lowest BCUT2D eigenvalue weighted by Crippen LogP contribution is -2.41. The minimum absolute atomic E-state index is 0.0763. The van der Waals surface area contributed by atoms with Crippen LogP contribution in [0.2, 0.25) is 0 Å². The number of amides is 1. The fourth-order valence-corrected chi connectivity index (χ4v) is 2.54. The Kier molecular flexibility index (Phi) is 3.25. The number of oxazole rings is 1. The van der Waals surface area contributed by atoms with E-state index in [4.69, 9.17) is 4.42 Å². The third-order valence-corrected chi connectivity index (χ3v) is 3.63. The monoisotopic (exact) mass is 275 g/mol. The summed E-state index contributed by atoms with van der Waals surface area (Å²) in [6, 6.07) is 0.0763. The average Bonchev–Trinajstić information content (AvgIpc) is 3.04. The number of carbonyl (C=O) groups excluding carboxylic acids is 1. The van der Waals surface area contributed by atoms with Crippen LogP contribution < -0.4 is 5.32 Å². The molecule has 20 heavy (non-hydrogen) atoms. The van der Waals surface area contributed by atoms with Gasteiger partial charge in [-0.25, -0.2) is 4.98 Å². The maximum absolute atomic E-state index is 12.1. The fraction of sp³-hybridized carbons (Fsp3) is 0.538. The van der Waals surface area contributed by atoms with Gasteiger partial charge in [0, 0.05) is 25.4 Å². The number of hydrogen-bond donors (Lipinski definition) is 1. The topological polar surface area (TPSA) is 85.8 Å². The molecule has 0 saturated heterocycles. The molecule has 0 aliphatic carbocycles. The Morgan fingerprint density at radius 2 is 2.40 bits per heavy atom. The molecule has 7 nitrogen and oxygen atoms in total. The molecule has 2 aromatic heterocycles. The molecule has 3 heterocycles. The Labute approximate surface area is 116 Å². The van der Waals surface area contributed by atoms with E-state index >= 15 is 0 Å². The van der Waals surface area contributed by atoms with Gasteiger partial charge in [0.25, 0.3) is 5.91 Å². The first-order valence-electron chi connectivity index (χ1n) is 6.81. The number of aromatic nitrogens is 4. The van der Waals surface area contributed by atoms with Gasteiger partial charge >= 0.3 is 0 Å². The van der Waals surface area contributed by atoms with Gasteiger partial charge in [-0.05, 0) is 13.3 Å². The predicted octanol–water partition coefficient (Wildman–Crippen LogP) is 0.882. The summed E-state index contributed by atoms with van der Waals surface area (Å²) >= 11 is 0. The number of fused-ring (bicyclic) bond motifs is 1. The molecule has 106 valence electrons. The van der Waals surface area contributed by atoms with E-state index in [1.165, 1.54) is 6.39 Å². The van der Waals surface area contributed by atoms with Gasteiger partial charge in [0.1, 0.15) is 17.4 Å². The standard InChI is InChI=1S/C13H17N5O2/c1-3-10-16-17-11-5-4-9(6-18(10)11)15-13(19)12-8(2)20-7-14-12/h7,9H,3-6H2,1-2H3,(H,15,19). The van der Waals surface area contributed by atoms with E-state index < -0.39 is 0 Å². The molecular formula is C13H17N5O2. The first-order chi connectivity index (χ1) is 9.69. The molecule has 0 spiro atoms. The second-order valence-corrected chi connectivity index (χ2v) is 4.96. The van der Waals surface area contributed by atoms with E-state index in [9.17, 15) is 4.79 Å². The highest BCUT2D eigenvalue weighted by molar-refractivity contribution is 5.93. The van der Waals surface area contributed by atoms with E-state index in [0.717, 1.165) is 30.9 Å². The number of nitrogens with one attached hydrogen (secondary N) is 1. The van der Waals surface area contributed by atoms with Crippen LogP contribution in [0.25, 0.3) is 0 Å². The minimum Gasteiger partial charge on any atom is -0.448 e. The molecule has 0 aromatic carbocycles. The third kappa shape index (κ3) is 2.19. The Balaban J connectivity index is 1.71. The lowest BCUT2D eigenvalue weighted by Gasteiger charge is -2.24. The summed E-state index contributed by atoms with van der Waals surface area (Å²) in [5, 5.41) is 11.4. The van der Waals surface area contributed by atoms with Gasteiger partial charge in [-0.1, -0.05) is 6.92 Å². The van der Waals surface area contributed by atoms with Crippen LogP contribution in [0.15, 0.2) is 10.8 Å². The summed E-state index contributed by atoms with van der Waals surface area (Å²) in [7, 11) is 0. The number of nitrogens with zero attached hydrogens (tertiary/aromatic N) is 4. The van der Waals surface area contributed by atoms with Crippen molar-refractivity contribution in [2.75, 3.05) is 0 Å². The van der Waals surface area contributed by atoms with Gasteiger partial charge in [-0.3, -0.25) is 4.79 Å². The van der Waals surface area contributed by atoms with Gasteiger partial charge < -0.3 is 14.3 Å². The zero-order chi connectivity index (χ0) is 14.1. The zero-order valence-corrected chi connectivity index (χ0v) is 11.6. The molecule has 0 saturated carbocycles. The molecule has 0 bridgehead atoms. The molecule has 7 heteroatoms. The third-order valence-electron chi connectivity index (χ3n) is 3.63. The Morgan fingerprint density at radius 1 is 1.55 bits per heavy atom. The van der Waals surface area contributed by atoms with Gasteiger partial charge in [0.2, 0.25) is 0 Å². The first kappa shape index (κ1) is 12.8. The lowest BCUT2D eigenvalue weighted by molar-refractivity contribution is 0.0921. The predicted molar refractivity (Wildman–Crippen MR) is 70.2 cm³/mol. The maximum atomic E-state index is 12.1. The van der Waals surface area contributed by atoms with Crippen LogP contribution in [0, 0.1) is 6.92 Å². The molecule has 0 radical (unpaired) electrons.